The molecular formula is C11H18N2. The number of anilines is 1. The summed E-state index contributed by atoms with van der Waals surface area (Å²) in [4.78, 5) is 2.20. The van der Waals surface area contributed by atoms with Gasteiger partial charge in [0.15, 0.2) is 0 Å². The third-order valence-electron chi connectivity index (χ3n) is 2.09. The average molecular weight is 178 g/mol. The lowest BCUT2D eigenvalue weighted by molar-refractivity contribution is 0.413. The van der Waals surface area contributed by atoms with Crippen LogP contribution in [0.1, 0.15) is 5.56 Å². The standard InChI is InChI=1S/C11H18N2/c1-12-11-6-4-10(5-7-11)8-9-13(2)3/h4-7,12H,8-9H2,1-3H3. The van der Waals surface area contributed by atoms with Gasteiger partial charge in [0.2, 0.25) is 0 Å². The number of benzene rings is 1. The molecule has 0 spiro atoms. The van der Waals surface area contributed by atoms with Crippen molar-refractivity contribution in [2.75, 3.05) is 33.0 Å². The molecule has 0 bridgehead atoms. The van der Waals surface area contributed by atoms with E-state index in [-0.39, 0.29) is 0 Å². The second-order valence-electron chi connectivity index (χ2n) is 3.50. The Morgan fingerprint density at radius 3 is 2.23 bits per heavy atom. The first-order valence-corrected chi connectivity index (χ1v) is 4.64. The van der Waals surface area contributed by atoms with Crippen molar-refractivity contribution in [3.8, 4) is 0 Å². The first-order valence-electron chi connectivity index (χ1n) is 4.64. The Kier molecular flexibility index (Phi) is 3.77. The van der Waals surface area contributed by atoms with Gasteiger partial charge in [-0.25, -0.2) is 0 Å². The monoisotopic (exact) mass is 178 g/mol. The van der Waals surface area contributed by atoms with Crippen LogP contribution in [0.4, 0.5) is 5.69 Å². The fourth-order valence-corrected chi connectivity index (χ4v) is 1.19. The van der Waals surface area contributed by atoms with E-state index in [0.29, 0.717) is 0 Å². The molecule has 2 heteroatoms. The highest BCUT2D eigenvalue weighted by Gasteiger charge is 1.94. The lowest BCUT2D eigenvalue weighted by atomic mass is 10.1. The van der Waals surface area contributed by atoms with Crippen LogP contribution in [0.2, 0.25) is 0 Å². The van der Waals surface area contributed by atoms with Crippen LogP contribution in [0.25, 0.3) is 0 Å². The first-order chi connectivity index (χ1) is 6.22. The molecule has 0 atom stereocenters. The van der Waals surface area contributed by atoms with Crippen molar-refractivity contribution in [1.29, 1.82) is 0 Å². The molecule has 1 rings (SSSR count). The van der Waals surface area contributed by atoms with Crippen molar-refractivity contribution in [3.05, 3.63) is 29.8 Å². The Hall–Kier alpha value is -1.02. The zero-order valence-corrected chi connectivity index (χ0v) is 8.67. The molecule has 0 unspecified atom stereocenters. The highest BCUT2D eigenvalue weighted by Crippen LogP contribution is 2.08. The van der Waals surface area contributed by atoms with E-state index in [9.17, 15) is 0 Å². The lowest BCUT2D eigenvalue weighted by Gasteiger charge is -2.09. The molecule has 0 aliphatic rings. The third kappa shape index (κ3) is 3.47. The van der Waals surface area contributed by atoms with Crippen LogP contribution in [-0.4, -0.2) is 32.6 Å². The molecule has 0 aliphatic heterocycles. The van der Waals surface area contributed by atoms with E-state index in [4.69, 9.17) is 0 Å². The molecule has 0 radical (unpaired) electrons. The van der Waals surface area contributed by atoms with Crippen LogP contribution in [0.15, 0.2) is 24.3 Å². The minimum absolute atomic E-state index is 1.11. The average Bonchev–Trinajstić information content (AvgIpc) is 2.15. The van der Waals surface area contributed by atoms with Gasteiger partial charge in [0.1, 0.15) is 0 Å². The summed E-state index contributed by atoms with van der Waals surface area (Å²) in [5, 5.41) is 3.11. The van der Waals surface area contributed by atoms with Crippen molar-refractivity contribution in [3.63, 3.8) is 0 Å². The van der Waals surface area contributed by atoms with E-state index in [1.54, 1.807) is 0 Å². The van der Waals surface area contributed by atoms with E-state index >= 15 is 0 Å². The topological polar surface area (TPSA) is 15.3 Å². The zero-order chi connectivity index (χ0) is 9.68. The van der Waals surface area contributed by atoms with Crippen molar-refractivity contribution >= 4 is 5.69 Å². The summed E-state index contributed by atoms with van der Waals surface area (Å²) in [6, 6.07) is 8.58. The quantitative estimate of drug-likeness (QED) is 0.756. The van der Waals surface area contributed by atoms with Gasteiger partial charge < -0.3 is 10.2 Å². The largest absolute Gasteiger partial charge is 0.388 e. The molecule has 1 N–H and O–H groups in total. The van der Waals surface area contributed by atoms with Crippen LogP contribution < -0.4 is 5.32 Å². The molecule has 2 nitrogen and oxygen atoms in total. The van der Waals surface area contributed by atoms with Gasteiger partial charge in [0.05, 0.1) is 0 Å². The second kappa shape index (κ2) is 4.87. The Bertz CT molecular complexity index is 239. The molecule has 0 saturated heterocycles. The second-order valence-corrected chi connectivity index (χ2v) is 3.50. The van der Waals surface area contributed by atoms with E-state index in [0.717, 1.165) is 13.0 Å². The molecule has 0 amide bonds. The zero-order valence-electron chi connectivity index (χ0n) is 8.67. The van der Waals surface area contributed by atoms with Crippen molar-refractivity contribution in [2.24, 2.45) is 0 Å². The van der Waals surface area contributed by atoms with Crippen molar-refractivity contribution in [1.82, 2.24) is 4.90 Å². The molecule has 0 saturated carbocycles. The molecule has 0 fully saturated rings. The number of hydrogen-bond donors (Lipinski definition) is 1. The summed E-state index contributed by atoms with van der Waals surface area (Å²) in [5.74, 6) is 0. The maximum Gasteiger partial charge on any atom is 0.0337 e. The van der Waals surface area contributed by atoms with Crippen LogP contribution in [0.3, 0.4) is 0 Å². The number of hydrogen-bond acceptors (Lipinski definition) is 2. The highest BCUT2D eigenvalue weighted by atomic mass is 15.0. The van der Waals surface area contributed by atoms with Gasteiger partial charge in [-0.05, 0) is 38.2 Å². The summed E-state index contributed by atoms with van der Waals surface area (Å²) in [5.41, 5.74) is 2.57. The van der Waals surface area contributed by atoms with Crippen molar-refractivity contribution in [2.45, 2.75) is 6.42 Å². The van der Waals surface area contributed by atoms with Gasteiger partial charge in [-0.3, -0.25) is 0 Å². The van der Waals surface area contributed by atoms with Gasteiger partial charge in [-0.2, -0.15) is 0 Å². The number of likely N-dealkylation sites (N-methyl/N-ethyl adjacent to an activating group) is 1. The van der Waals surface area contributed by atoms with E-state index in [1.807, 2.05) is 7.05 Å². The number of nitrogens with one attached hydrogen (secondary N) is 1. The molecule has 1 aromatic carbocycles. The van der Waals surface area contributed by atoms with Crippen LogP contribution in [0, 0.1) is 0 Å². The van der Waals surface area contributed by atoms with Crippen molar-refractivity contribution < 1.29 is 0 Å². The SMILES string of the molecule is CNc1ccc(CCN(C)C)cc1. The Morgan fingerprint density at radius 2 is 1.77 bits per heavy atom. The molecule has 0 heterocycles. The Morgan fingerprint density at radius 1 is 1.15 bits per heavy atom. The lowest BCUT2D eigenvalue weighted by Crippen LogP contribution is -2.14. The minimum atomic E-state index is 1.11. The first kappa shape index (κ1) is 10.1. The molecule has 72 valence electrons. The predicted molar refractivity (Wildman–Crippen MR) is 58.2 cm³/mol. The van der Waals surface area contributed by atoms with E-state index in [1.165, 1.54) is 11.3 Å². The molecule has 13 heavy (non-hydrogen) atoms. The maximum absolute atomic E-state index is 3.11. The summed E-state index contributed by atoms with van der Waals surface area (Å²) >= 11 is 0. The fraction of sp³-hybridized carbons (Fsp3) is 0.455. The Labute approximate surface area is 80.6 Å². The number of rotatable bonds is 4. The van der Waals surface area contributed by atoms with Gasteiger partial charge in [-0.1, -0.05) is 12.1 Å². The van der Waals surface area contributed by atoms with E-state index < -0.39 is 0 Å². The maximum atomic E-state index is 3.11. The van der Waals surface area contributed by atoms with Crippen LogP contribution in [0.5, 0.6) is 0 Å². The molecular weight excluding hydrogens is 160 g/mol. The van der Waals surface area contributed by atoms with Gasteiger partial charge in [0, 0.05) is 19.3 Å². The van der Waals surface area contributed by atoms with Gasteiger partial charge >= 0.3 is 0 Å². The summed E-state index contributed by atoms with van der Waals surface area (Å²) in [6.07, 6.45) is 1.12. The summed E-state index contributed by atoms with van der Waals surface area (Å²) < 4.78 is 0. The normalized spacial score (nSPS) is 10.5. The molecule has 1 aromatic rings. The predicted octanol–water partition coefficient (Wildman–Crippen LogP) is 1.83. The third-order valence-corrected chi connectivity index (χ3v) is 2.09. The summed E-state index contributed by atoms with van der Waals surface area (Å²) in [7, 11) is 6.14. The Balaban J connectivity index is 2.49. The molecule has 0 aliphatic carbocycles. The van der Waals surface area contributed by atoms with Crippen LogP contribution >= 0.6 is 0 Å². The highest BCUT2D eigenvalue weighted by molar-refractivity contribution is 5.43. The van der Waals surface area contributed by atoms with E-state index in [2.05, 4.69) is 48.6 Å². The smallest absolute Gasteiger partial charge is 0.0337 e. The summed E-state index contributed by atoms with van der Waals surface area (Å²) in [6.45, 7) is 1.11. The fourth-order valence-electron chi connectivity index (χ4n) is 1.19. The molecule has 0 aromatic heterocycles. The number of nitrogens with zero attached hydrogens (tertiary/aromatic N) is 1. The minimum Gasteiger partial charge on any atom is -0.388 e. The van der Waals surface area contributed by atoms with Gasteiger partial charge in [0.25, 0.3) is 0 Å². The van der Waals surface area contributed by atoms with Crippen LogP contribution in [-0.2, 0) is 6.42 Å². The van der Waals surface area contributed by atoms with Gasteiger partial charge in [-0.15, -0.1) is 0 Å².